The fourth-order valence-electron chi connectivity index (χ4n) is 4.53. The quantitative estimate of drug-likeness (QED) is 0.515. The van der Waals surface area contributed by atoms with Crippen LogP contribution in [0.4, 0.5) is 5.69 Å². The molecule has 1 saturated carbocycles. The molecule has 1 aromatic carbocycles. The molecule has 0 bridgehead atoms. The first-order chi connectivity index (χ1) is 15.6. The van der Waals surface area contributed by atoms with Crippen molar-refractivity contribution >= 4 is 22.6 Å². The number of benzene rings is 1. The average Bonchev–Trinajstić information content (AvgIpc) is 3.27. The maximum Gasteiger partial charge on any atom is 0.255 e. The third kappa shape index (κ3) is 4.56. The number of carbonyl (C=O) groups is 1. The molecule has 0 aliphatic heterocycles. The minimum Gasteiger partial charge on any atom is -0.497 e. The molecule has 1 fully saturated rings. The summed E-state index contributed by atoms with van der Waals surface area (Å²) in [7, 11) is 1.65. The largest absolute Gasteiger partial charge is 0.497 e. The van der Waals surface area contributed by atoms with Gasteiger partial charge in [-0.1, -0.05) is 38.3 Å². The maximum absolute atomic E-state index is 13.4. The predicted molar refractivity (Wildman–Crippen MR) is 127 cm³/mol. The Balaban J connectivity index is 1.64. The molecule has 4 rings (SSSR count). The summed E-state index contributed by atoms with van der Waals surface area (Å²) >= 11 is 0. The zero-order chi connectivity index (χ0) is 22.5. The second-order valence-electron chi connectivity index (χ2n) is 8.43. The van der Waals surface area contributed by atoms with Gasteiger partial charge in [-0.25, -0.2) is 9.67 Å². The zero-order valence-corrected chi connectivity index (χ0v) is 19.2. The monoisotopic (exact) mass is 435 g/mol. The van der Waals surface area contributed by atoms with Crippen molar-refractivity contribution in [3.63, 3.8) is 0 Å². The van der Waals surface area contributed by atoms with E-state index in [9.17, 15) is 4.79 Å². The fraction of sp³-hybridized carbons (Fsp3) is 0.480. The number of hydrogen-bond donors (Lipinski definition) is 2. The highest BCUT2D eigenvalue weighted by Crippen LogP contribution is 2.30. The van der Waals surface area contributed by atoms with Crippen molar-refractivity contribution in [1.82, 2.24) is 20.1 Å². The van der Waals surface area contributed by atoms with Crippen LogP contribution in [0, 0.1) is 0 Å². The van der Waals surface area contributed by atoms with Crippen LogP contribution >= 0.6 is 0 Å². The van der Waals surface area contributed by atoms with Crippen molar-refractivity contribution in [2.45, 2.75) is 71.0 Å². The van der Waals surface area contributed by atoms with Gasteiger partial charge in [0.2, 0.25) is 0 Å². The number of carbonyl (C=O) groups excluding carboxylic acids is 1. The van der Waals surface area contributed by atoms with E-state index in [1.54, 1.807) is 13.3 Å². The summed E-state index contributed by atoms with van der Waals surface area (Å²) in [4.78, 5) is 18.0. The van der Waals surface area contributed by atoms with E-state index < -0.39 is 0 Å². The van der Waals surface area contributed by atoms with Crippen LogP contribution in [0.25, 0.3) is 11.0 Å². The highest BCUT2D eigenvalue weighted by atomic mass is 16.5. The number of hydrogen-bond acceptors (Lipinski definition) is 5. The summed E-state index contributed by atoms with van der Waals surface area (Å²) in [5, 5.41) is 12.3. The number of ether oxygens (including phenoxy) is 1. The van der Waals surface area contributed by atoms with Crippen LogP contribution in [-0.4, -0.2) is 33.8 Å². The second kappa shape index (κ2) is 10.0. The van der Waals surface area contributed by atoms with Crippen LogP contribution in [0.3, 0.4) is 0 Å². The molecule has 1 aliphatic carbocycles. The number of aromatic nitrogens is 3. The Hall–Kier alpha value is -3.09. The van der Waals surface area contributed by atoms with E-state index in [1.165, 1.54) is 19.3 Å². The maximum atomic E-state index is 13.4. The van der Waals surface area contributed by atoms with Gasteiger partial charge in [0.05, 0.1) is 36.0 Å². The van der Waals surface area contributed by atoms with E-state index in [2.05, 4.69) is 27.6 Å². The lowest BCUT2D eigenvalue weighted by Crippen LogP contribution is -2.30. The van der Waals surface area contributed by atoms with Gasteiger partial charge >= 0.3 is 0 Å². The molecule has 0 saturated heterocycles. The molecule has 1 unspecified atom stereocenters. The Morgan fingerprint density at radius 2 is 1.91 bits per heavy atom. The van der Waals surface area contributed by atoms with Gasteiger partial charge in [0, 0.05) is 18.8 Å². The molecule has 3 aromatic rings. The number of methoxy groups -OCH3 is 1. The third-order valence-corrected chi connectivity index (χ3v) is 6.40. The van der Waals surface area contributed by atoms with E-state index in [1.807, 2.05) is 42.1 Å². The Morgan fingerprint density at radius 1 is 1.16 bits per heavy atom. The van der Waals surface area contributed by atoms with E-state index in [-0.39, 0.29) is 11.9 Å². The molecular formula is C25H33N5O2. The van der Waals surface area contributed by atoms with Crippen molar-refractivity contribution in [3.05, 3.63) is 47.8 Å². The zero-order valence-electron chi connectivity index (χ0n) is 19.2. The Bertz CT molecular complexity index is 1050. The van der Waals surface area contributed by atoms with Gasteiger partial charge in [-0.3, -0.25) is 4.79 Å². The first-order valence-corrected chi connectivity index (χ1v) is 11.7. The van der Waals surface area contributed by atoms with Gasteiger partial charge < -0.3 is 15.4 Å². The lowest BCUT2D eigenvalue weighted by atomic mass is 9.95. The number of rotatable bonds is 8. The van der Waals surface area contributed by atoms with Gasteiger partial charge in [0.1, 0.15) is 5.75 Å². The molecule has 2 N–H and O–H groups in total. The lowest BCUT2D eigenvalue weighted by molar-refractivity contribution is 0.0936. The average molecular weight is 436 g/mol. The standard InChI is InChI=1S/C25H33N5O2/c1-4-22(17-11-13-19(32-3)14-12-17)29-25(31)21-15-26-24-20(16-27-30(24)5-2)23(21)28-18-9-7-6-8-10-18/h11-16,18,22H,4-10H2,1-3H3,(H,26,28)(H,29,31). The van der Waals surface area contributed by atoms with Gasteiger partial charge in [-0.05, 0) is 43.9 Å². The normalized spacial score (nSPS) is 15.5. The van der Waals surface area contributed by atoms with E-state index in [0.29, 0.717) is 11.6 Å². The molecule has 2 heterocycles. The Morgan fingerprint density at radius 3 is 2.56 bits per heavy atom. The van der Waals surface area contributed by atoms with E-state index >= 15 is 0 Å². The number of nitrogens with one attached hydrogen (secondary N) is 2. The molecule has 2 aromatic heterocycles. The molecule has 1 atom stereocenters. The molecule has 32 heavy (non-hydrogen) atoms. The number of anilines is 1. The predicted octanol–water partition coefficient (Wildman–Crippen LogP) is 5.09. The minimum atomic E-state index is -0.121. The minimum absolute atomic E-state index is 0.0926. The third-order valence-electron chi connectivity index (χ3n) is 6.40. The van der Waals surface area contributed by atoms with Crippen molar-refractivity contribution in [1.29, 1.82) is 0 Å². The van der Waals surface area contributed by atoms with E-state index in [4.69, 9.17) is 4.74 Å². The smallest absolute Gasteiger partial charge is 0.255 e. The summed E-state index contributed by atoms with van der Waals surface area (Å²) in [5.74, 6) is 0.682. The number of pyridine rings is 1. The molecule has 7 nitrogen and oxygen atoms in total. The second-order valence-corrected chi connectivity index (χ2v) is 8.43. The van der Waals surface area contributed by atoms with Gasteiger partial charge in [0.15, 0.2) is 5.65 Å². The van der Waals surface area contributed by atoms with Crippen molar-refractivity contribution < 1.29 is 9.53 Å². The lowest BCUT2D eigenvalue weighted by Gasteiger charge is -2.26. The fourth-order valence-corrected chi connectivity index (χ4v) is 4.53. The summed E-state index contributed by atoms with van der Waals surface area (Å²) in [6, 6.07) is 8.13. The summed E-state index contributed by atoms with van der Waals surface area (Å²) in [6.07, 6.45) is 10.3. The number of amides is 1. The van der Waals surface area contributed by atoms with Crippen LogP contribution in [0.15, 0.2) is 36.7 Å². The van der Waals surface area contributed by atoms with Gasteiger partial charge in [-0.2, -0.15) is 5.10 Å². The number of aryl methyl sites for hydroxylation is 1. The van der Waals surface area contributed by atoms with Crippen LogP contribution in [0.2, 0.25) is 0 Å². The molecule has 0 radical (unpaired) electrons. The highest BCUT2D eigenvalue weighted by molar-refractivity contribution is 6.06. The van der Waals surface area contributed by atoms with Crippen molar-refractivity contribution in [2.24, 2.45) is 0 Å². The molecule has 170 valence electrons. The molecule has 0 spiro atoms. The van der Waals surface area contributed by atoms with Gasteiger partial charge in [0.25, 0.3) is 5.91 Å². The number of fused-ring (bicyclic) bond motifs is 1. The first-order valence-electron chi connectivity index (χ1n) is 11.7. The SMILES string of the molecule is CCC(NC(=O)c1cnc2c(cnn2CC)c1NC1CCCCC1)c1ccc(OC)cc1. The molecule has 1 amide bonds. The highest BCUT2D eigenvalue weighted by Gasteiger charge is 2.23. The molecule has 1 aliphatic rings. The number of nitrogens with zero attached hydrogens (tertiary/aromatic N) is 3. The summed E-state index contributed by atoms with van der Waals surface area (Å²) in [6.45, 7) is 4.85. The Kier molecular flexibility index (Phi) is 6.93. The van der Waals surface area contributed by atoms with E-state index in [0.717, 1.165) is 53.8 Å². The topological polar surface area (TPSA) is 81.1 Å². The van der Waals surface area contributed by atoms with Crippen LogP contribution < -0.4 is 15.4 Å². The van der Waals surface area contributed by atoms with Crippen LogP contribution in [0.5, 0.6) is 5.75 Å². The molecule has 7 heteroatoms. The first kappa shape index (κ1) is 22.1. The molecular weight excluding hydrogens is 402 g/mol. The van der Waals surface area contributed by atoms with Crippen LogP contribution in [-0.2, 0) is 6.54 Å². The van der Waals surface area contributed by atoms with Gasteiger partial charge in [-0.15, -0.1) is 0 Å². The Labute approximate surface area is 189 Å². The summed E-state index contributed by atoms with van der Waals surface area (Å²) < 4.78 is 7.13. The van der Waals surface area contributed by atoms with Crippen molar-refractivity contribution in [3.8, 4) is 5.75 Å². The van der Waals surface area contributed by atoms with Crippen molar-refractivity contribution in [2.75, 3.05) is 12.4 Å². The van der Waals surface area contributed by atoms with Crippen LogP contribution in [0.1, 0.15) is 74.3 Å². The summed E-state index contributed by atoms with van der Waals surface area (Å²) in [5.41, 5.74) is 3.29.